The fourth-order valence-corrected chi connectivity index (χ4v) is 1.75. The van der Waals surface area contributed by atoms with E-state index in [1.54, 1.807) is 25.3 Å². The van der Waals surface area contributed by atoms with Crippen molar-refractivity contribution in [1.82, 2.24) is 16.0 Å². The Bertz CT molecular complexity index is 445. The molecule has 3 N–H and O–H groups in total. The second kappa shape index (κ2) is 8.34. The second-order valence-electron chi connectivity index (χ2n) is 5.31. The van der Waals surface area contributed by atoms with Gasteiger partial charge in [0, 0.05) is 6.04 Å². The molecule has 0 saturated heterocycles. The third-order valence-electron chi connectivity index (χ3n) is 3.61. The van der Waals surface area contributed by atoms with Crippen LogP contribution in [0.4, 0.5) is 4.79 Å². The summed E-state index contributed by atoms with van der Waals surface area (Å²) in [5.74, 6) is 0.807. The first-order valence-electron chi connectivity index (χ1n) is 7.31. The van der Waals surface area contributed by atoms with Gasteiger partial charge in [0.15, 0.2) is 0 Å². The number of rotatable bonds is 7. The molecule has 118 valence electrons. The molecule has 0 aliphatic heterocycles. The van der Waals surface area contributed by atoms with E-state index in [0.717, 1.165) is 6.42 Å². The summed E-state index contributed by atoms with van der Waals surface area (Å²) in [6.45, 7) is 8.05. The Labute approximate surface area is 125 Å². The zero-order chi connectivity index (χ0) is 15.8. The van der Waals surface area contributed by atoms with Gasteiger partial charge in [0.2, 0.25) is 5.91 Å². The summed E-state index contributed by atoms with van der Waals surface area (Å²) in [4.78, 5) is 23.7. The zero-order valence-corrected chi connectivity index (χ0v) is 13.1. The number of carbonyl (C=O) groups is 2. The lowest BCUT2D eigenvalue weighted by atomic mass is 10.0. The molecule has 21 heavy (non-hydrogen) atoms. The molecule has 6 nitrogen and oxygen atoms in total. The Hall–Kier alpha value is -1.98. The van der Waals surface area contributed by atoms with Crippen LogP contribution in [0, 0.1) is 5.92 Å². The predicted octanol–water partition coefficient (Wildman–Crippen LogP) is 2.02. The monoisotopic (exact) mass is 295 g/mol. The van der Waals surface area contributed by atoms with Crippen LogP contribution < -0.4 is 16.0 Å². The van der Waals surface area contributed by atoms with Crippen LogP contribution in [0.5, 0.6) is 0 Å². The molecule has 1 aromatic heterocycles. The second-order valence-corrected chi connectivity index (χ2v) is 5.31. The molecule has 3 atom stereocenters. The van der Waals surface area contributed by atoms with Gasteiger partial charge in [-0.2, -0.15) is 0 Å². The molecule has 0 radical (unpaired) electrons. The molecular weight excluding hydrogens is 270 g/mol. The van der Waals surface area contributed by atoms with Crippen LogP contribution in [0.25, 0.3) is 0 Å². The number of urea groups is 1. The normalized spacial score (nSPS) is 14.9. The third kappa shape index (κ3) is 5.89. The highest BCUT2D eigenvalue weighted by Crippen LogP contribution is 2.06. The number of nitrogens with one attached hydrogen (secondary N) is 3. The number of furan rings is 1. The molecule has 3 amide bonds. The van der Waals surface area contributed by atoms with Crippen LogP contribution in [0.3, 0.4) is 0 Å². The van der Waals surface area contributed by atoms with E-state index in [4.69, 9.17) is 4.42 Å². The summed E-state index contributed by atoms with van der Waals surface area (Å²) in [7, 11) is 0. The summed E-state index contributed by atoms with van der Waals surface area (Å²) < 4.78 is 5.12. The Kier molecular flexibility index (Phi) is 6.78. The summed E-state index contributed by atoms with van der Waals surface area (Å²) in [5.41, 5.74) is 0. The molecular formula is C15H25N3O3. The van der Waals surface area contributed by atoms with Gasteiger partial charge in [-0.3, -0.25) is 4.79 Å². The lowest BCUT2D eigenvalue weighted by Crippen LogP contribution is -2.51. The van der Waals surface area contributed by atoms with E-state index in [-0.39, 0.29) is 18.0 Å². The SMILES string of the molecule is CC[C@H](C)[C@@H](C)NC(=O)N[C@H](C)C(=O)NCc1ccco1. The molecule has 0 aliphatic rings. The van der Waals surface area contributed by atoms with E-state index in [1.807, 2.05) is 6.92 Å². The van der Waals surface area contributed by atoms with Crippen molar-refractivity contribution in [3.8, 4) is 0 Å². The van der Waals surface area contributed by atoms with Crippen molar-refractivity contribution < 1.29 is 14.0 Å². The highest BCUT2D eigenvalue weighted by atomic mass is 16.3. The number of hydrogen-bond acceptors (Lipinski definition) is 3. The quantitative estimate of drug-likeness (QED) is 0.719. The average molecular weight is 295 g/mol. The topological polar surface area (TPSA) is 83.4 Å². The molecule has 0 fully saturated rings. The molecule has 0 spiro atoms. The number of carbonyl (C=O) groups excluding carboxylic acids is 2. The Morgan fingerprint density at radius 3 is 2.52 bits per heavy atom. The van der Waals surface area contributed by atoms with Crippen LogP contribution in [0.2, 0.25) is 0 Å². The summed E-state index contributed by atoms with van der Waals surface area (Å²) in [5, 5.41) is 8.17. The molecule has 0 bridgehead atoms. The van der Waals surface area contributed by atoms with E-state index in [0.29, 0.717) is 18.2 Å². The van der Waals surface area contributed by atoms with E-state index in [9.17, 15) is 9.59 Å². The first-order chi connectivity index (χ1) is 9.93. The highest BCUT2D eigenvalue weighted by molar-refractivity contribution is 5.86. The minimum atomic E-state index is -0.607. The predicted molar refractivity (Wildman–Crippen MR) is 80.6 cm³/mol. The fraction of sp³-hybridized carbons (Fsp3) is 0.600. The maximum atomic E-state index is 11.9. The zero-order valence-electron chi connectivity index (χ0n) is 13.1. The van der Waals surface area contributed by atoms with E-state index >= 15 is 0 Å². The van der Waals surface area contributed by atoms with Gasteiger partial charge in [-0.1, -0.05) is 20.3 Å². The number of amides is 3. The maximum Gasteiger partial charge on any atom is 0.315 e. The molecule has 0 aliphatic carbocycles. The average Bonchev–Trinajstić information content (AvgIpc) is 2.96. The summed E-state index contributed by atoms with van der Waals surface area (Å²) in [6.07, 6.45) is 2.54. The number of hydrogen-bond donors (Lipinski definition) is 3. The van der Waals surface area contributed by atoms with Crippen molar-refractivity contribution in [2.24, 2.45) is 5.92 Å². The minimum Gasteiger partial charge on any atom is -0.467 e. The fourth-order valence-electron chi connectivity index (χ4n) is 1.75. The molecule has 1 aromatic rings. The minimum absolute atomic E-state index is 0.0633. The van der Waals surface area contributed by atoms with Gasteiger partial charge in [-0.15, -0.1) is 0 Å². The molecule has 0 saturated carbocycles. The lowest BCUT2D eigenvalue weighted by Gasteiger charge is -2.21. The highest BCUT2D eigenvalue weighted by Gasteiger charge is 2.18. The van der Waals surface area contributed by atoms with Gasteiger partial charge in [0.1, 0.15) is 11.8 Å². The van der Waals surface area contributed by atoms with Crippen molar-refractivity contribution in [3.63, 3.8) is 0 Å². The van der Waals surface area contributed by atoms with Crippen LogP contribution in [-0.4, -0.2) is 24.0 Å². The molecule has 6 heteroatoms. The van der Waals surface area contributed by atoms with Crippen molar-refractivity contribution in [3.05, 3.63) is 24.2 Å². The van der Waals surface area contributed by atoms with Crippen LogP contribution in [0.15, 0.2) is 22.8 Å². The Balaban J connectivity index is 2.32. The molecule has 1 heterocycles. The summed E-state index contributed by atoms with van der Waals surface area (Å²) in [6, 6.07) is 2.66. The van der Waals surface area contributed by atoms with Crippen molar-refractivity contribution >= 4 is 11.9 Å². The van der Waals surface area contributed by atoms with Crippen molar-refractivity contribution in [2.75, 3.05) is 0 Å². The van der Waals surface area contributed by atoms with Crippen LogP contribution >= 0.6 is 0 Å². The first-order valence-corrected chi connectivity index (χ1v) is 7.31. The Morgan fingerprint density at radius 1 is 1.24 bits per heavy atom. The van der Waals surface area contributed by atoms with Gasteiger partial charge in [-0.25, -0.2) is 4.79 Å². The van der Waals surface area contributed by atoms with Gasteiger partial charge < -0.3 is 20.4 Å². The van der Waals surface area contributed by atoms with Gasteiger partial charge in [0.25, 0.3) is 0 Å². The summed E-state index contributed by atoms with van der Waals surface area (Å²) >= 11 is 0. The third-order valence-corrected chi connectivity index (χ3v) is 3.61. The van der Waals surface area contributed by atoms with E-state index < -0.39 is 6.04 Å². The largest absolute Gasteiger partial charge is 0.467 e. The Morgan fingerprint density at radius 2 is 1.95 bits per heavy atom. The lowest BCUT2D eigenvalue weighted by molar-refractivity contribution is -0.122. The van der Waals surface area contributed by atoms with E-state index in [1.165, 1.54) is 0 Å². The van der Waals surface area contributed by atoms with Crippen LogP contribution in [0.1, 0.15) is 39.9 Å². The van der Waals surface area contributed by atoms with Crippen molar-refractivity contribution in [1.29, 1.82) is 0 Å². The van der Waals surface area contributed by atoms with Crippen molar-refractivity contribution in [2.45, 2.75) is 52.7 Å². The van der Waals surface area contributed by atoms with E-state index in [2.05, 4.69) is 29.8 Å². The smallest absolute Gasteiger partial charge is 0.315 e. The molecule has 0 aromatic carbocycles. The van der Waals surface area contributed by atoms with Gasteiger partial charge in [-0.05, 0) is 31.9 Å². The molecule has 0 unspecified atom stereocenters. The standard InChI is InChI=1S/C15H25N3O3/c1-5-10(2)11(3)17-15(20)18-12(4)14(19)16-9-13-7-6-8-21-13/h6-8,10-12H,5,9H2,1-4H3,(H,16,19)(H2,17,18,20)/t10-,11+,12+/m0/s1. The maximum absolute atomic E-state index is 11.9. The van der Waals surface area contributed by atoms with Crippen LogP contribution in [-0.2, 0) is 11.3 Å². The first kappa shape index (κ1) is 17.1. The van der Waals surface area contributed by atoms with Gasteiger partial charge in [0.05, 0.1) is 12.8 Å². The molecule has 1 rings (SSSR count). The van der Waals surface area contributed by atoms with Gasteiger partial charge >= 0.3 is 6.03 Å².